The van der Waals surface area contributed by atoms with E-state index in [1.807, 2.05) is 0 Å². The van der Waals surface area contributed by atoms with Crippen molar-refractivity contribution in [2.75, 3.05) is 13.3 Å². The van der Waals surface area contributed by atoms with Crippen molar-refractivity contribution in [3.8, 4) is 0 Å². The Morgan fingerprint density at radius 3 is 2.43 bits per heavy atom. The SMILES string of the molecule is O=C(c1cccc(F)c1)C(CF)CF. The van der Waals surface area contributed by atoms with Crippen LogP contribution in [0.3, 0.4) is 0 Å². The monoisotopic (exact) mass is 202 g/mol. The lowest BCUT2D eigenvalue weighted by atomic mass is 10.00. The van der Waals surface area contributed by atoms with Gasteiger partial charge in [-0.05, 0) is 12.1 Å². The summed E-state index contributed by atoms with van der Waals surface area (Å²) in [6.45, 7) is -2.13. The van der Waals surface area contributed by atoms with Crippen molar-refractivity contribution < 1.29 is 18.0 Å². The molecule has 0 spiro atoms. The zero-order valence-electron chi connectivity index (χ0n) is 7.34. The van der Waals surface area contributed by atoms with Crippen LogP contribution in [-0.2, 0) is 0 Å². The molecule has 1 rings (SSSR count). The highest BCUT2D eigenvalue weighted by Crippen LogP contribution is 2.11. The molecule has 1 aromatic rings. The van der Waals surface area contributed by atoms with Crippen LogP contribution in [0, 0.1) is 11.7 Å². The standard InChI is InChI=1S/C10H9F3O/c11-5-8(6-12)10(14)7-2-1-3-9(13)4-7/h1-4,8H,5-6H2. The maximum absolute atomic E-state index is 12.7. The van der Waals surface area contributed by atoms with E-state index >= 15 is 0 Å². The smallest absolute Gasteiger partial charge is 0.171 e. The maximum atomic E-state index is 12.7. The highest BCUT2D eigenvalue weighted by molar-refractivity contribution is 5.98. The Bertz CT molecular complexity index is 321. The molecule has 0 saturated carbocycles. The number of benzene rings is 1. The molecule has 14 heavy (non-hydrogen) atoms. The number of carbonyl (C=O) groups is 1. The molecule has 1 aromatic carbocycles. The molecule has 0 saturated heterocycles. The second-order valence-corrected chi connectivity index (χ2v) is 2.88. The van der Waals surface area contributed by atoms with E-state index in [1.165, 1.54) is 12.1 Å². The van der Waals surface area contributed by atoms with E-state index in [0.29, 0.717) is 0 Å². The van der Waals surface area contributed by atoms with Crippen LogP contribution >= 0.6 is 0 Å². The van der Waals surface area contributed by atoms with Crippen LogP contribution in [0.2, 0.25) is 0 Å². The van der Waals surface area contributed by atoms with E-state index in [0.717, 1.165) is 12.1 Å². The summed E-state index contributed by atoms with van der Waals surface area (Å²) in [7, 11) is 0. The topological polar surface area (TPSA) is 17.1 Å². The first-order valence-electron chi connectivity index (χ1n) is 4.10. The van der Waals surface area contributed by atoms with E-state index in [2.05, 4.69) is 0 Å². The van der Waals surface area contributed by atoms with Gasteiger partial charge in [0.15, 0.2) is 5.78 Å². The van der Waals surface area contributed by atoms with Crippen molar-refractivity contribution in [1.29, 1.82) is 0 Å². The molecule has 0 aliphatic carbocycles. The van der Waals surface area contributed by atoms with Crippen LogP contribution in [-0.4, -0.2) is 19.1 Å². The molecule has 1 nitrogen and oxygen atoms in total. The van der Waals surface area contributed by atoms with Crippen LogP contribution in [0.1, 0.15) is 10.4 Å². The second-order valence-electron chi connectivity index (χ2n) is 2.88. The number of carbonyl (C=O) groups excluding carboxylic acids is 1. The van der Waals surface area contributed by atoms with Crippen molar-refractivity contribution in [2.45, 2.75) is 0 Å². The third-order valence-corrected chi connectivity index (χ3v) is 1.85. The van der Waals surface area contributed by atoms with Crippen molar-refractivity contribution in [3.05, 3.63) is 35.6 Å². The molecule has 0 fully saturated rings. The molecule has 0 heterocycles. The van der Waals surface area contributed by atoms with Crippen molar-refractivity contribution >= 4 is 5.78 Å². The molecule has 0 radical (unpaired) electrons. The van der Waals surface area contributed by atoms with Gasteiger partial charge in [0.1, 0.15) is 19.2 Å². The van der Waals surface area contributed by atoms with Gasteiger partial charge in [-0.2, -0.15) is 0 Å². The summed E-state index contributed by atoms with van der Waals surface area (Å²) in [6.07, 6.45) is 0. The van der Waals surface area contributed by atoms with Gasteiger partial charge in [-0.25, -0.2) is 4.39 Å². The Kier molecular flexibility index (Phi) is 3.68. The minimum Gasteiger partial charge on any atom is -0.294 e. The quantitative estimate of drug-likeness (QED) is 0.686. The van der Waals surface area contributed by atoms with Crippen LogP contribution < -0.4 is 0 Å². The molecule has 0 bridgehead atoms. The summed E-state index contributed by atoms with van der Waals surface area (Å²) in [4.78, 5) is 11.3. The number of ketones is 1. The lowest BCUT2D eigenvalue weighted by Gasteiger charge is -2.06. The van der Waals surface area contributed by atoms with Crippen LogP contribution in [0.25, 0.3) is 0 Å². The van der Waals surface area contributed by atoms with Gasteiger partial charge in [0, 0.05) is 5.56 Å². The van der Waals surface area contributed by atoms with E-state index in [1.54, 1.807) is 0 Å². The van der Waals surface area contributed by atoms with Gasteiger partial charge in [0.05, 0.1) is 5.92 Å². The fourth-order valence-corrected chi connectivity index (χ4v) is 1.06. The summed E-state index contributed by atoms with van der Waals surface area (Å²) in [5.74, 6) is -2.60. The largest absolute Gasteiger partial charge is 0.294 e. The number of alkyl halides is 2. The molecule has 0 unspecified atom stereocenters. The molecular formula is C10H9F3O. The lowest BCUT2D eigenvalue weighted by molar-refractivity contribution is 0.0876. The second kappa shape index (κ2) is 4.79. The lowest BCUT2D eigenvalue weighted by Crippen LogP contribution is -2.18. The zero-order valence-corrected chi connectivity index (χ0v) is 7.34. The summed E-state index contributed by atoms with van der Waals surface area (Å²) >= 11 is 0. The first kappa shape index (κ1) is 10.8. The average molecular weight is 202 g/mol. The maximum Gasteiger partial charge on any atom is 0.171 e. The Morgan fingerprint density at radius 1 is 1.29 bits per heavy atom. The first-order chi connectivity index (χ1) is 6.69. The number of halogens is 3. The number of Topliss-reactive ketones (excluding diaryl/α,β-unsaturated/α-hetero) is 1. The highest BCUT2D eigenvalue weighted by Gasteiger charge is 2.19. The van der Waals surface area contributed by atoms with Gasteiger partial charge in [0.25, 0.3) is 0 Å². The van der Waals surface area contributed by atoms with Gasteiger partial charge in [-0.15, -0.1) is 0 Å². The Labute approximate surface area is 79.5 Å². The number of hydrogen-bond acceptors (Lipinski definition) is 1. The Balaban J connectivity index is 2.88. The third kappa shape index (κ3) is 2.34. The van der Waals surface area contributed by atoms with E-state index in [-0.39, 0.29) is 5.56 Å². The summed E-state index contributed by atoms with van der Waals surface area (Å²) in [5, 5.41) is 0. The van der Waals surface area contributed by atoms with Crippen molar-refractivity contribution in [1.82, 2.24) is 0 Å². The molecule has 0 atom stereocenters. The highest BCUT2D eigenvalue weighted by atomic mass is 19.1. The summed E-state index contributed by atoms with van der Waals surface area (Å²) < 4.78 is 36.9. The third-order valence-electron chi connectivity index (χ3n) is 1.85. The molecule has 0 amide bonds. The fourth-order valence-electron chi connectivity index (χ4n) is 1.06. The molecule has 0 N–H and O–H groups in total. The summed E-state index contributed by atoms with van der Waals surface area (Å²) in [5.41, 5.74) is 0.00491. The van der Waals surface area contributed by atoms with Gasteiger partial charge in [-0.3, -0.25) is 13.6 Å². The van der Waals surface area contributed by atoms with Crippen LogP contribution in [0.4, 0.5) is 13.2 Å². The normalized spacial score (nSPS) is 10.6. The van der Waals surface area contributed by atoms with Crippen molar-refractivity contribution in [2.24, 2.45) is 5.92 Å². The van der Waals surface area contributed by atoms with Gasteiger partial charge < -0.3 is 0 Å². The van der Waals surface area contributed by atoms with Crippen molar-refractivity contribution in [3.63, 3.8) is 0 Å². The van der Waals surface area contributed by atoms with Crippen LogP contribution in [0.5, 0.6) is 0 Å². The van der Waals surface area contributed by atoms with Gasteiger partial charge in [0.2, 0.25) is 0 Å². The van der Waals surface area contributed by atoms with E-state index in [4.69, 9.17) is 0 Å². The molecule has 0 aromatic heterocycles. The number of hydrogen-bond donors (Lipinski definition) is 0. The van der Waals surface area contributed by atoms with E-state index in [9.17, 15) is 18.0 Å². The predicted molar refractivity (Wildman–Crippen MR) is 46.2 cm³/mol. The van der Waals surface area contributed by atoms with Gasteiger partial charge in [-0.1, -0.05) is 12.1 Å². The predicted octanol–water partition coefficient (Wildman–Crippen LogP) is 2.56. The fraction of sp³-hybridized carbons (Fsp3) is 0.300. The average Bonchev–Trinajstić information content (AvgIpc) is 2.19. The molecular weight excluding hydrogens is 193 g/mol. The van der Waals surface area contributed by atoms with E-state index < -0.39 is 30.9 Å². The van der Waals surface area contributed by atoms with Gasteiger partial charge >= 0.3 is 0 Å². The molecule has 0 aliphatic heterocycles. The Hall–Kier alpha value is -1.32. The Morgan fingerprint density at radius 2 is 1.93 bits per heavy atom. The summed E-state index contributed by atoms with van der Waals surface area (Å²) in [6, 6.07) is 4.80. The molecule has 0 aliphatic rings. The molecule has 76 valence electrons. The minimum atomic E-state index is -1.31. The zero-order chi connectivity index (χ0) is 10.6. The number of rotatable bonds is 4. The molecule has 4 heteroatoms. The first-order valence-corrected chi connectivity index (χ1v) is 4.10. The minimum absolute atomic E-state index is 0.00491. The van der Waals surface area contributed by atoms with Crippen LogP contribution in [0.15, 0.2) is 24.3 Å².